The molecule has 0 bridgehead atoms. The van der Waals surface area contributed by atoms with Crippen LogP contribution < -0.4 is 5.32 Å². The van der Waals surface area contributed by atoms with Crippen molar-refractivity contribution in [3.8, 4) is 0 Å². The highest BCUT2D eigenvalue weighted by molar-refractivity contribution is 6.30. The van der Waals surface area contributed by atoms with Gasteiger partial charge in [-0.2, -0.15) is 0 Å². The monoisotopic (exact) mass is 253 g/mol. The smallest absolute Gasteiger partial charge is 0.327 e. The number of halogens is 1. The van der Waals surface area contributed by atoms with E-state index >= 15 is 0 Å². The van der Waals surface area contributed by atoms with Crippen molar-refractivity contribution in [3.05, 3.63) is 34.9 Å². The van der Waals surface area contributed by atoms with Crippen molar-refractivity contribution in [2.75, 3.05) is 13.7 Å². The molecule has 92 valence electrons. The average Bonchev–Trinajstić information content (AvgIpc) is 3.15. The minimum Gasteiger partial charge on any atom is -0.468 e. The lowest BCUT2D eigenvalue weighted by Gasteiger charge is -2.16. The Bertz CT molecular complexity index is 387. The van der Waals surface area contributed by atoms with E-state index in [0.29, 0.717) is 5.02 Å². The summed E-state index contributed by atoms with van der Waals surface area (Å²) in [6.45, 7) is 0.863. The first-order valence-electron chi connectivity index (χ1n) is 5.77. The molecule has 1 saturated carbocycles. The fourth-order valence-electron chi connectivity index (χ4n) is 1.72. The Morgan fingerprint density at radius 2 is 2.12 bits per heavy atom. The maximum Gasteiger partial charge on any atom is 0.327 e. The molecule has 0 aromatic heterocycles. The van der Waals surface area contributed by atoms with Crippen LogP contribution in [0.2, 0.25) is 5.02 Å². The number of hydrogen-bond acceptors (Lipinski definition) is 3. The van der Waals surface area contributed by atoms with Crippen LogP contribution in [-0.2, 0) is 9.53 Å². The van der Waals surface area contributed by atoms with Gasteiger partial charge in [-0.1, -0.05) is 23.7 Å². The van der Waals surface area contributed by atoms with Gasteiger partial charge in [-0.15, -0.1) is 0 Å². The maximum atomic E-state index is 11.7. The first kappa shape index (κ1) is 12.4. The van der Waals surface area contributed by atoms with Crippen LogP contribution in [0.3, 0.4) is 0 Å². The van der Waals surface area contributed by atoms with Gasteiger partial charge in [-0.25, -0.2) is 4.79 Å². The third kappa shape index (κ3) is 3.45. The van der Waals surface area contributed by atoms with Crippen LogP contribution in [0.4, 0.5) is 0 Å². The van der Waals surface area contributed by atoms with Crippen molar-refractivity contribution >= 4 is 17.6 Å². The number of carbonyl (C=O) groups excluding carboxylic acids is 1. The number of rotatable bonds is 5. The second kappa shape index (κ2) is 5.52. The first-order chi connectivity index (χ1) is 8.20. The highest BCUT2D eigenvalue weighted by Crippen LogP contribution is 2.29. The molecule has 4 heteroatoms. The molecule has 1 aromatic carbocycles. The van der Waals surface area contributed by atoms with Gasteiger partial charge in [0.25, 0.3) is 0 Å². The van der Waals surface area contributed by atoms with Gasteiger partial charge in [0.2, 0.25) is 0 Å². The number of ether oxygens (including phenoxy) is 1. The van der Waals surface area contributed by atoms with Crippen LogP contribution in [0, 0.1) is 5.92 Å². The van der Waals surface area contributed by atoms with Crippen LogP contribution in [0.1, 0.15) is 24.4 Å². The van der Waals surface area contributed by atoms with E-state index in [9.17, 15) is 4.79 Å². The molecule has 17 heavy (non-hydrogen) atoms. The Morgan fingerprint density at radius 1 is 1.47 bits per heavy atom. The third-order valence-electron chi connectivity index (χ3n) is 2.95. The Kier molecular flexibility index (Phi) is 4.02. The van der Waals surface area contributed by atoms with Gasteiger partial charge in [0.1, 0.15) is 6.04 Å². The Balaban J connectivity index is 2.07. The minimum atomic E-state index is -0.391. The van der Waals surface area contributed by atoms with E-state index in [4.69, 9.17) is 16.3 Å². The topological polar surface area (TPSA) is 38.3 Å². The summed E-state index contributed by atoms with van der Waals surface area (Å²) in [4.78, 5) is 11.7. The predicted molar refractivity (Wildman–Crippen MR) is 66.9 cm³/mol. The van der Waals surface area contributed by atoms with Gasteiger partial charge in [0.15, 0.2) is 0 Å². The molecule has 1 aromatic rings. The number of methoxy groups -OCH3 is 1. The van der Waals surface area contributed by atoms with Gasteiger partial charge < -0.3 is 10.1 Å². The van der Waals surface area contributed by atoms with Crippen LogP contribution in [-0.4, -0.2) is 19.6 Å². The molecule has 1 aliphatic carbocycles. The number of nitrogens with one attached hydrogen (secondary N) is 1. The quantitative estimate of drug-likeness (QED) is 0.820. The fourth-order valence-corrected chi connectivity index (χ4v) is 1.84. The van der Waals surface area contributed by atoms with Crippen molar-refractivity contribution in [1.29, 1.82) is 0 Å². The lowest BCUT2D eigenvalue weighted by atomic mass is 10.1. The predicted octanol–water partition coefficient (Wildman–Crippen LogP) is 2.55. The first-order valence-corrected chi connectivity index (χ1v) is 6.15. The summed E-state index contributed by atoms with van der Waals surface area (Å²) >= 11 is 5.83. The molecule has 0 saturated heterocycles. The molecule has 2 rings (SSSR count). The zero-order chi connectivity index (χ0) is 12.3. The van der Waals surface area contributed by atoms with E-state index in [1.54, 1.807) is 12.1 Å². The van der Waals surface area contributed by atoms with Crippen LogP contribution in [0.25, 0.3) is 0 Å². The summed E-state index contributed by atoms with van der Waals surface area (Å²) in [6, 6.07) is 6.88. The van der Waals surface area contributed by atoms with Crippen LogP contribution >= 0.6 is 11.6 Å². The molecular weight excluding hydrogens is 238 g/mol. The molecular formula is C13H16ClNO2. The third-order valence-corrected chi connectivity index (χ3v) is 3.20. The molecule has 3 nitrogen and oxygen atoms in total. The number of carbonyl (C=O) groups is 1. The highest BCUT2D eigenvalue weighted by Gasteiger charge is 2.26. The van der Waals surface area contributed by atoms with Crippen LogP contribution in [0.5, 0.6) is 0 Å². The fraction of sp³-hybridized carbons (Fsp3) is 0.462. The Labute approximate surface area is 106 Å². The summed E-state index contributed by atoms with van der Waals surface area (Å²) in [5.41, 5.74) is 0.891. The summed E-state index contributed by atoms with van der Waals surface area (Å²) in [6.07, 6.45) is 2.50. The standard InChI is InChI=1S/C13H16ClNO2/c1-17-13(16)12(15-8-9-2-3-9)10-4-6-11(14)7-5-10/h4-7,9,12,15H,2-3,8H2,1H3. The summed E-state index contributed by atoms with van der Waals surface area (Å²) in [5.74, 6) is 0.461. The van der Waals surface area contributed by atoms with Crippen molar-refractivity contribution < 1.29 is 9.53 Å². The molecule has 1 unspecified atom stereocenters. The van der Waals surface area contributed by atoms with E-state index in [0.717, 1.165) is 18.0 Å². The van der Waals surface area contributed by atoms with E-state index in [1.165, 1.54) is 20.0 Å². The normalized spacial score (nSPS) is 16.6. The van der Waals surface area contributed by atoms with Gasteiger partial charge >= 0.3 is 5.97 Å². The molecule has 0 radical (unpaired) electrons. The second-order valence-electron chi connectivity index (χ2n) is 4.36. The molecule has 0 heterocycles. The Morgan fingerprint density at radius 3 is 2.65 bits per heavy atom. The SMILES string of the molecule is COC(=O)C(NCC1CC1)c1ccc(Cl)cc1. The molecule has 0 spiro atoms. The number of hydrogen-bond donors (Lipinski definition) is 1. The number of esters is 1. The average molecular weight is 254 g/mol. The largest absolute Gasteiger partial charge is 0.468 e. The molecule has 1 atom stereocenters. The molecule has 0 amide bonds. The molecule has 1 fully saturated rings. The molecule has 1 N–H and O–H groups in total. The minimum absolute atomic E-state index is 0.257. The molecule has 0 aliphatic heterocycles. The lowest BCUT2D eigenvalue weighted by Crippen LogP contribution is -2.31. The van der Waals surface area contributed by atoms with E-state index in [1.807, 2.05) is 12.1 Å². The molecule has 1 aliphatic rings. The maximum absolute atomic E-state index is 11.7. The lowest BCUT2D eigenvalue weighted by molar-refractivity contribution is -0.143. The van der Waals surface area contributed by atoms with E-state index in [-0.39, 0.29) is 5.97 Å². The van der Waals surface area contributed by atoms with E-state index in [2.05, 4.69) is 5.32 Å². The zero-order valence-corrected chi connectivity index (χ0v) is 10.5. The van der Waals surface area contributed by atoms with Crippen molar-refractivity contribution in [1.82, 2.24) is 5.32 Å². The van der Waals surface area contributed by atoms with E-state index < -0.39 is 6.04 Å². The van der Waals surface area contributed by atoms with Gasteiger partial charge in [-0.05, 0) is 43.0 Å². The summed E-state index contributed by atoms with van der Waals surface area (Å²) in [5, 5.41) is 3.92. The van der Waals surface area contributed by atoms with Crippen LogP contribution in [0.15, 0.2) is 24.3 Å². The second-order valence-corrected chi connectivity index (χ2v) is 4.80. The van der Waals surface area contributed by atoms with Gasteiger partial charge in [0.05, 0.1) is 7.11 Å². The van der Waals surface area contributed by atoms with Crippen molar-refractivity contribution in [2.24, 2.45) is 5.92 Å². The Hall–Kier alpha value is -1.06. The summed E-state index contributed by atoms with van der Waals surface area (Å²) in [7, 11) is 1.41. The number of benzene rings is 1. The van der Waals surface area contributed by atoms with Gasteiger partial charge in [0, 0.05) is 5.02 Å². The highest BCUT2D eigenvalue weighted by atomic mass is 35.5. The van der Waals surface area contributed by atoms with Crippen molar-refractivity contribution in [3.63, 3.8) is 0 Å². The zero-order valence-electron chi connectivity index (χ0n) is 9.78. The van der Waals surface area contributed by atoms with Crippen molar-refractivity contribution in [2.45, 2.75) is 18.9 Å². The summed E-state index contributed by atoms with van der Waals surface area (Å²) < 4.78 is 4.82. The van der Waals surface area contributed by atoms with Gasteiger partial charge in [-0.3, -0.25) is 0 Å².